The van der Waals surface area contributed by atoms with E-state index < -0.39 is 15.4 Å². The summed E-state index contributed by atoms with van der Waals surface area (Å²) in [5, 5.41) is 13.0. The number of esters is 1. The predicted octanol–water partition coefficient (Wildman–Crippen LogP) is 1.79. The van der Waals surface area contributed by atoms with Crippen LogP contribution in [-0.4, -0.2) is 62.7 Å². The zero-order valence-electron chi connectivity index (χ0n) is 19.0. The van der Waals surface area contributed by atoms with Crippen LogP contribution in [0.4, 0.5) is 0 Å². The summed E-state index contributed by atoms with van der Waals surface area (Å²) < 4.78 is 26.7. The Labute approximate surface area is 176 Å². The second kappa shape index (κ2) is 14.7. The van der Waals surface area contributed by atoms with E-state index >= 15 is 0 Å². The fourth-order valence-corrected chi connectivity index (χ4v) is 3.91. The first-order valence-electron chi connectivity index (χ1n) is 10.3. The molecule has 0 aliphatic heterocycles. The molecule has 0 bridgehead atoms. The van der Waals surface area contributed by atoms with Gasteiger partial charge in [-0.15, -0.1) is 0 Å². The zero-order valence-corrected chi connectivity index (χ0v) is 19.9. The first-order valence-corrected chi connectivity index (χ1v) is 12.4. The Morgan fingerprint density at radius 3 is 2.00 bits per heavy atom. The van der Waals surface area contributed by atoms with E-state index in [4.69, 9.17) is 5.73 Å². The maximum atomic E-state index is 12.2. The van der Waals surface area contributed by atoms with Crippen molar-refractivity contribution in [3.8, 4) is 0 Å². The van der Waals surface area contributed by atoms with Crippen LogP contribution in [0.15, 0.2) is 0 Å². The highest BCUT2D eigenvalue weighted by atomic mass is 32.2. The van der Waals surface area contributed by atoms with Gasteiger partial charge in [-0.05, 0) is 31.6 Å². The number of nitrogens with two attached hydrogens (primary N) is 1. The van der Waals surface area contributed by atoms with Crippen molar-refractivity contribution < 1.29 is 27.9 Å². The van der Waals surface area contributed by atoms with Crippen LogP contribution in [0.2, 0.25) is 0 Å². The van der Waals surface area contributed by atoms with E-state index in [2.05, 4.69) is 30.8 Å². The number of aliphatic hydroxyl groups excluding tert-OH is 1. The fraction of sp³-hybridized carbons (Fsp3) is 0.900. The average Bonchev–Trinajstić information content (AvgIpc) is 2.60. The molecule has 1 atom stereocenters. The van der Waals surface area contributed by atoms with Gasteiger partial charge >= 0.3 is 5.97 Å². The highest BCUT2D eigenvalue weighted by molar-refractivity contribution is 7.90. The Bertz CT molecular complexity index is 578. The quantitative estimate of drug-likeness (QED) is 0.373. The molecule has 0 radical (unpaired) electrons. The first-order chi connectivity index (χ1) is 13.3. The smallest absolute Gasteiger partial charge is 0.319 e. The van der Waals surface area contributed by atoms with E-state index in [0.717, 1.165) is 19.3 Å². The molecule has 0 aliphatic rings. The summed E-state index contributed by atoms with van der Waals surface area (Å²) in [5.41, 5.74) is 4.01. The minimum absolute atomic E-state index is 0.0126. The summed E-state index contributed by atoms with van der Waals surface area (Å²) in [6.45, 7) is 10.3. The maximum Gasteiger partial charge on any atom is 0.319 e. The Kier molecular flexibility index (Phi) is 15.3. The van der Waals surface area contributed by atoms with Crippen molar-refractivity contribution in [1.29, 1.82) is 0 Å². The van der Waals surface area contributed by atoms with Crippen molar-refractivity contribution in [2.24, 2.45) is 11.1 Å². The number of hydrogen-bond donors (Lipinski definition) is 3. The number of carbonyl (C=O) groups excluding carboxylic acids is 2. The highest BCUT2D eigenvalue weighted by Gasteiger charge is 2.44. The monoisotopic (exact) mass is 438 g/mol. The van der Waals surface area contributed by atoms with E-state index in [0.29, 0.717) is 19.4 Å². The third-order valence-corrected chi connectivity index (χ3v) is 5.92. The number of nitrogens with one attached hydrogen (secondary N) is 1. The lowest BCUT2D eigenvalue weighted by Crippen LogP contribution is -2.60. The van der Waals surface area contributed by atoms with Crippen molar-refractivity contribution in [3.05, 3.63) is 0 Å². The number of hydrogen-bond acceptors (Lipinski definition) is 7. The lowest BCUT2D eigenvalue weighted by Gasteiger charge is -2.46. The van der Waals surface area contributed by atoms with Gasteiger partial charge < -0.3 is 20.9 Å². The van der Waals surface area contributed by atoms with Crippen molar-refractivity contribution >= 4 is 21.7 Å². The Morgan fingerprint density at radius 1 is 1.10 bits per heavy atom. The van der Waals surface area contributed by atoms with Gasteiger partial charge in [-0.3, -0.25) is 9.59 Å². The van der Waals surface area contributed by atoms with Crippen LogP contribution < -0.4 is 11.1 Å². The molecule has 0 heterocycles. The summed E-state index contributed by atoms with van der Waals surface area (Å²) in [6.07, 6.45) is 5.09. The molecule has 0 saturated carbocycles. The first kappa shape index (κ1) is 30.0. The lowest BCUT2D eigenvalue weighted by molar-refractivity contribution is -0.141. The summed E-state index contributed by atoms with van der Waals surface area (Å²) in [5.74, 6) is -0.517. The lowest BCUT2D eigenvalue weighted by atomic mass is 9.67. The van der Waals surface area contributed by atoms with Gasteiger partial charge in [-0.25, -0.2) is 8.42 Å². The molecule has 1 unspecified atom stereocenters. The van der Waals surface area contributed by atoms with Crippen molar-refractivity contribution in [3.63, 3.8) is 0 Å². The summed E-state index contributed by atoms with van der Waals surface area (Å²) in [4.78, 5) is 22.3. The highest BCUT2D eigenvalue weighted by Crippen LogP contribution is 2.38. The van der Waals surface area contributed by atoms with Gasteiger partial charge in [0.1, 0.15) is 9.84 Å². The molecular formula is C20H42N2O6S. The molecule has 0 saturated heterocycles. The van der Waals surface area contributed by atoms with Crippen LogP contribution in [-0.2, 0) is 24.2 Å². The number of aliphatic hydroxyl groups is 1. The molecule has 0 spiro atoms. The van der Waals surface area contributed by atoms with Crippen LogP contribution in [0.3, 0.4) is 0 Å². The third-order valence-electron chi connectivity index (χ3n) is 4.89. The summed E-state index contributed by atoms with van der Waals surface area (Å²) in [7, 11) is -3.05. The van der Waals surface area contributed by atoms with E-state index in [9.17, 15) is 23.1 Å². The standard InChI is InChI=1S/C16H33NO4S.C4H9NO2/c1-6-10-15(3,4)16(13-18,11-7-2)17-14(19)9-8-12-22(5,20)21;1-2-7-4(6)3-5/h18H,6-13H2,1-5H3,(H,17,19);2-3,5H2,1H3. The average molecular weight is 439 g/mol. The van der Waals surface area contributed by atoms with Crippen LogP contribution in [0.25, 0.3) is 0 Å². The van der Waals surface area contributed by atoms with E-state index in [1.54, 1.807) is 6.92 Å². The van der Waals surface area contributed by atoms with Gasteiger partial charge in [0.25, 0.3) is 0 Å². The molecule has 0 aliphatic carbocycles. The van der Waals surface area contributed by atoms with E-state index in [1.165, 1.54) is 6.26 Å². The maximum absolute atomic E-state index is 12.2. The molecule has 4 N–H and O–H groups in total. The second-order valence-electron chi connectivity index (χ2n) is 7.91. The van der Waals surface area contributed by atoms with Gasteiger partial charge in [-0.2, -0.15) is 0 Å². The summed E-state index contributed by atoms with van der Waals surface area (Å²) >= 11 is 0. The molecular weight excluding hydrogens is 396 g/mol. The van der Waals surface area contributed by atoms with Gasteiger partial charge in [0.05, 0.1) is 31.1 Å². The Morgan fingerprint density at radius 2 is 1.66 bits per heavy atom. The number of amides is 1. The number of rotatable bonds is 13. The van der Waals surface area contributed by atoms with Crippen LogP contribution >= 0.6 is 0 Å². The zero-order chi connectivity index (χ0) is 23.1. The minimum Gasteiger partial charge on any atom is -0.465 e. The largest absolute Gasteiger partial charge is 0.465 e. The molecule has 0 fully saturated rings. The van der Waals surface area contributed by atoms with Gasteiger partial charge in [0.15, 0.2) is 0 Å². The molecule has 174 valence electrons. The molecule has 0 aromatic rings. The molecule has 9 heteroatoms. The van der Waals surface area contributed by atoms with E-state index in [-0.39, 0.29) is 42.6 Å². The molecule has 0 aromatic heterocycles. The SMILES string of the molecule is CCCC(C)(C)C(CO)(CCC)NC(=O)CCCS(C)(=O)=O.CCOC(=O)CN. The van der Waals surface area contributed by atoms with Crippen molar-refractivity contribution in [1.82, 2.24) is 5.32 Å². The molecule has 1 amide bonds. The number of ether oxygens (including phenoxy) is 1. The Hall–Kier alpha value is -1.19. The van der Waals surface area contributed by atoms with Crippen molar-refractivity contribution in [2.45, 2.75) is 78.7 Å². The predicted molar refractivity (Wildman–Crippen MR) is 116 cm³/mol. The van der Waals surface area contributed by atoms with Crippen LogP contribution in [0, 0.1) is 5.41 Å². The minimum atomic E-state index is -3.05. The fourth-order valence-electron chi connectivity index (χ4n) is 3.24. The molecule has 8 nitrogen and oxygen atoms in total. The number of sulfone groups is 1. The van der Waals surface area contributed by atoms with Crippen LogP contribution in [0.1, 0.15) is 73.1 Å². The second-order valence-corrected chi connectivity index (χ2v) is 10.2. The third kappa shape index (κ3) is 12.9. The molecule has 0 rings (SSSR count). The molecule has 29 heavy (non-hydrogen) atoms. The van der Waals surface area contributed by atoms with Gasteiger partial charge in [-0.1, -0.05) is 40.5 Å². The normalized spacial score (nSPS) is 13.7. The molecule has 0 aromatic carbocycles. The summed E-state index contributed by atoms with van der Waals surface area (Å²) in [6, 6.07) is 0. The Balaban J connectivity index is 0. The number of carbonyl (C=O) groups is 2. The van der Waals surface area contributed by atoms with Gasteiger partial charge in [0, 0.05) is 12.7 Å². The van der Waals surface area contributed by atoms with Gasteiger partial charge in [0.2, 0.25) is 5.91 Å². The van der Waals surface area contributed by atoms with Crippen LogP contribution in [0.5, 0.6) is 0 Å². The van der Waals surface area contributed by atoms with E-state index in [1.807, 2.05) is 6.92 Å². The van der Waals surface area contributed by atoms with Crippen molar-refractivity contribution in [2.75, 3.05) is 31.8 Å². The topological polar surface area (TPSA) is 136 Å².